The van der Waals surface area contributed by atoms with Crippen LogP contribution in [0.1, 0.15) is 39.2 Å². The van der Waals surface area contributed by atoms with Gasteiger partial charge in [0.25, 0.3) is 0 Å². The van der Waals surface area contributed by atoms with Crippen molar-refractivity contribution in [3.05, 3.63) is 29.8 Å². The van der Waals surface area contributed by atoms with Crippen LogP contribution in [0.2, 0.25) is 0 Å². The summed E-state index contributed by atoms with van der Waals surface area (Å²) < 4.78 is 5.61. The van der Waals surface area contributed by atoms with Crippen LogP contribution in [-0.4, -0.2) is 42.6 Å². The van der Waals surface area contributed by atoms with Crippen molar-refractivity contribution in [2.75, 3.05) is 25.0 Å². The molecule has 1 aromatic rings. The van der Waals surface area contributed by atoms with E-state index in [9.17, 15) is 9.59 Å². The molecule has 0 bridgehead atoms. The molecule has 1 aromatic carbocycles. The number of piperidine rings is 1. The van der Waals surface area contributed by atoms with E-state index < -0.39 is 0 Å². The average Bonchev–Trinajstić information content (AvgIpc) is 2.61. The fourth-order valence-corrected chi connectivity index (χ4v) is 2.80. The normalized spacial score (nSPS) is 15.3. The first-order chi connectivity index (χ1) is 12.0. The van der Waals surface area contributed by atoms with Crippen LogP contribution in [0, 0.1) is 5.92 Å². The molecule has 0 aromatic heterocycles. The molecule has 6 heteroatoms. The van der Waals surface area contributed by atoms with Crippen LogP contribution in [0.4, 0.5) is 10.5 Å². The van der Waals surface area contributed by atoms with Gasteiger partial charge >= 0.3 is 6.03 Å². The molecule has 0 unspecified atom stereocenters. The number of amides is 3. The van der Waals surface area contributed by atoms with Gasteiger partial charge in [-0.2, -0.15) is 0 Å². The van der Waals surface area contributed by atoms with E-state index in [-0.39, 0.29) is 24.0 Å². The number of rotatable bonds is 6. The number of nitrogens with one attached hydrogen (secondary N) is 2. The molecule has 1 heterocycles. The largest absolute Gasteiger partial charge is 0.378 e. The van der Waals surface area contributed by atoms with Crippen molar-refractivity contribution in [1.82, 2.24) is 10.2 Å². The van der Waals surface area contributed by atoms with E-state index in [1.807, 2.05) is 49.9 Å². The predicted molar refractivity (Wildman–Crippen MR) is 98.4 cm³/mol. The Bertz CT molecular complexity index is 581. The van der Waals surface area contributed by atoms with Gasteiger partial charge in [0, 0.05) is 37.8 Å². The molecule has 0 aliphatic carbocycles. The van der Waals surface area contributed by atoms with Crippen molar-refractivity contribution in [2.24, 2.45) is 5.92 Å². The molecule has 1 aliphatic heterocycles. The van der Waals surface area contributed by atoms with Gasteiger partial charge in [0.1, 0.15) is 0 Å². The Morgan fingerprint density at radius 2 is 2.00 bits per heavy atom. The molecule has 0 saturated carbocycles. The summed E-state index contributed by atoms with van der Waals surface area (Å²) in [6.45, 7) is 8.32. The Kier molecular flexibility index (Phi) is 7.25. The molecule has 3 amide bonds. The van der Waals surface area contributed by atoms with Gasteiger partial charge in [-0.1, -0.05) is 26.0 Å². The second-order valence-electron chi connectivity index (χ2n) is 6.64. The third kappa shape index (κ3) is 6.05. The Labute approximate surface area is 149 Å². The molecule has 0 spiro atoms. The van der Waals surface area contributed by atoms with Gasteiger partial charge in [-0.25, -0.2) is 4.79 Å². The lowest BCUT2D eigenvalue weighted by Crippen LogP contribution is -2.45. The Balaban J connectivity index is 1.81. The van der Waals surface area contributed by atoms with E-state index in [0.29, 0.717) is 6.54 Å². The molecule has 0 radical (unpaired) electrons. The maximum absolute atomic E-state index is 12.3. The third-order valence-electron chi connectivity index (χ3n) is 4.29. The number of likely N-dealkylation sites (tertiary alicyclic amines) is 1. The lowest BCUT2D eigenvalue weighted by molar-refractivity contribution is -0.118. The predicted octanol–water partition coefficient (Wildman–Crippen LogP) is 2.99. The molecule has 6 nitrogen and oxygen atoms in total. The van der Waals surface area contributed by atoms with Crippen LogP contribution in [0.25, 0.3) is 0 Å². The van der Waals surface area contributed by atoms with Crippen molar-refractivity contribution >= 4 is 17.6 Å². The van der Waals surface area contributed by atoms with Crippen LogP contribution in [0.15, 0.2) is 24.3 Å². The maximum Gasteiger partial charge on any atom is 0.317 e. The number of carbonyl (C=O) groups is 2. The second kappa shape index (κ2) is 9.42. The fourth-order valence-electron chi connectivity index (χ4n) is 2.80. The van der Waals surface area contributed by atoms with Crippen LogP contribution >= 0.6 is 0 Å². The minimum absolute atomic E-state index is 0.0154. The quantitative estimate of drug-likeness (QED) is 0.831. The highest BCUT2D eigenvalue weighted by molar-refractivity contribution is 5.92. The SMILES string of the molecule is CCOC1CCN(C(=O)NCc2cccc(NC(=O)C(C)C)c2)CC1. The molecule has 1 saturated heterocycles. The van der Waals surface area contributed by atoms with Crippen LogP contribution in [0.3, 0.4) is 0 Å². The Hall–Kier alpha value is -2.08. The third-order valence-corrected chi connectivity index (χ3v) is 4.29. The number of anilines is 1. The smallest absolute Gasteiger partial charge is 0.317 e. The van der Waals surface area contributed by atoms with E-state index in [1.165, 1.54) is 0 Å². The fraction of sp³-hybridized carbons (Fsp3) is 0.579. The van der Waals surface area contributed by atoms with Crippen molar-refractivity contribution in [3.8, 4) is 0 Å². The summed E-state index contributed by atoms with van der Waals surface area (Å²) in [6, 6.07) is 7.51. The number of ether oxygens (including phenoxy) is 1. The molecule has 2 N–H and O–H groups in total. The average molecular weight is 347 g/mol. The first-order valence-corrected chi connectivity index (χ1v) is 9.03. The summed E-state index contributed by atoms with van der Waals surface area (Å²) in [5, 5.41) is 5.83. The van der Waals surface area contributed by atoms with Crippen LogP contribution < -0.4 is 10.6 Å². The highest BCUT2D eigenvalue weighted by Crippen LogP contribution is 2.15. The minimum atomic E-state index is -0.0667. The lowest BCUT2D eigenvalue weighted by atomic mass is 10.1. The molecule has 2 rings (SSSR count). The number of carbonyl (C=O) groups excluding carboxylic acids is 2. The molecular weight excluding hydrogens is 318 g/mol. The molecule has 25 heavy (non-hydrogen) atoms. The first kappa shape index (κ1) is 19.2. The van der Waals surface area contributed by atoms with E-state index in [2.05, 4.69) is 10.6 Å². The summed E-state index contributed by atoms with van der Waals surface area (Å²) in [5.74, 6) is -0.0821. The highest BCUT2D eigenvalue weighted by atomic mass is 16.5. The van der Waals surface area contributed by atoms with E-state index >= 15 is 0 Å². The Morgan fingerprint density at radius 3 is 2.64 bits per heavy atom. The summed E-state index contributed by atoms with van der Waals surface area (Å²) in [4.78, 5) is 25.9. The van der Waals surface area contributed by atoms with Crippen molar-refractivity contribution < 1.29 is 14.3 Å². The van der Waals surface area contributed by atoms with Gasteiger partial charge in [-0.15, -0.1) is 0 Å². The van der Waals surface area contributed by atoms with Gasteiger partial charge < -0.3 is 20.3 Å². The number of nitrogens with zero attached hydrogens (tertiary/aromatic N) is 1. The summed E-state index contributed by atoms with van der Waals surface area (Å²) >= 11 is 0. The summed E-state index contributed by atoms with van der Waals surface area (Å²) in [5.41, 5.74) is 1.71. The number of hydrogen-bond donors (Lipinski definition) is 2. The molecule has 0 atom stereocenters. The highest BCUT2D eigenvalue weighted by Gasteiger charge is 2.22. The maximum atomic E-state index is 12.3. The van der Waals surface area contributed by atoms with Gasteiger partial charge in [0.2, 0.25) is 5.91 Å². The van der Waals surface area contributed by atoms with Crippen molar-refractivity contribution in [3.63, 3.8) is 0 Å². The molecule has 1 fully saturated rings. The summed E-state index contributed by atoms with van der Waals surface area (Å²) in [7, 11) is 0. The van der Waals surface area contributed by atoms with Crippen LogP contribution in [0.5, 0.6) is 0 Å². The first-order valence-electron chi connectivity index (χ1n) is 9.03. The van der Waals surface area contributed by atoms with Crippen molar-refractivity contribution in [2.45, 2.75) is 46.3 Å². The standard InChI is InChI=1S/C19H29N3O3/c1-4-25-17-8-10-22(11-9-17)19(24)20-13-15-6-5-7-16(12-15)21-18(23)14(2)3/h5-7,12,14,17H,4,8-11,13H2,1-3H3,(H,20,24)(H,21,23). The van der Waals surface area contributed by atoms with Crippen molar-refractivity contribution in [1.29, 1.82) is 0 Å². The van der Waals surface area contributed by atoms with E-state index in [0.717, 1.165) is 43.8 Å². The zero-order valence-electron chi connectivity index (χ0n) is 15.4. The zero-order valence-corrected chi connectivity index (χ0v) is 15.4. The van der Waals surface area contributed by atoms with Gasteiger partial charge in [-0.3, -0.25) is 4.79 Å². The van der Waals surface area contributed by atoms with Gasteiger partial charge in [0.05, 0.1) is 6.10 Å². The summed E-state index contributed by atoms with van der Waals surface area (Å²) in [6.07, 6.45) is 2.05. The van der Waals surface area contributed by atoms with Gasteiger partial charge in [-0.05, 0) is 37.5 Å². The zero-order chi connectivity index (χ0) is 18.2. The Morgan fingerprint density at radius 1 is 1.28 bits per heavy atom. The van der Waals surface area contributed by atoms with E-state index in [1.54, 1.807) is 0 Å². The minimum Gasteiger partial charge on any atom is -0.378 e. The number of urea groups is 1. The molecule has 1 aliphatic rings. The lowest BCUT2D eigenvalue weighted by Gasteiger charge is -2.31. The number of benzene rings is 1. The number of hydrogen-bond acceptors (Lipinski definition) is 3. The van der Waals surface area contributed by atoms with Crippen LogP contribution in [-0.2, 0) is 16.1 Å². The second-order valence-corrected chi connectivity index (χ2v) is 6.64. The monoisotopic (exact) mass is 347 g/mol. The van der Waals surface area contributed by atoms with Gasteiger partial charge in [0.15, 0.2) is 0 Å². The molecular formula is C19H29N3O3. The topological polar surface area (TPSA) is 70.7 Å². The van der Waals surface area contributed by atoms with E-state index in [4.69, 9.17) is 4.74 Å². The molecule has 138 valence electrons.